The number of phenols is 1. The molecule has 7 heteroatoms. The van der Waals surface area contributed by atoms with E-state index < -0.39 is 5.91 Å². The molecule has 0 radical (unpaired) electrons. The summed E-state index contributed by atoms with van der Waals surface area (Å²) in [6.45, 7) is 0. The number of aromatic hydroxyl groups is 2. The standard InChI is InChI=1S/C18H15N3O3S/c19-15-10-11(21-18(24)14-2-1-9-20-17(14)23)3-8-16(15)25-13-6-4-12(22)5-7-13/h1-10,22H,19H2,(H,20,23)(H,21,24). The number of benzene rings is 2. The Balaban J connectivity index is 1.74. The molecule has 126 valence electrons. The van der Waals surface area contributed by atoms with E-state index in [2.05, 4.69) is 10.3 Å². The van der Waals surface area contributed by atoms with Crippen LogP contribution in [-0.4, -0.2) is 21.1 Å². The van der Waals surface area contributed by atoms with E-state index in [9.17, 15) is 15.0 Å². The molecule has 0 fully saturated rings. The third-order valence-electron chi connectivity index (χ3n) is 3.36. The summed E-state index contributed by atoms with van der Waals surface area (Å²) < 4.78 is 0. The Morgan fingerprint density at radius 3 is 2.52 bits per heavy atom. The Labute approximate surface area is 148 Å². The first kappa shape index (κ1) is 16.7. The number of hydrogen-bond donors (Lipinski definition) is 4. The van der Waals surface area contributed by atoms with E-state index in [-0.39, 0.29) is 17.2 Å². The van der Waals surface area contributed by atoms with Crippen LogP contribution in [0.1, 0.15) is 10.4 Å². The molecular formula is C18H15N3O3S. The quantitative estimate of drug-likeness (QED) is 0.535. The zero-order chi connectivity index (χ0) is 17.8. The van der Waals surface area contributed by atoms with Crippen LogP contribution in [0.5, 0.6) is 11.6 Å². The van der Waals surface area contributed by atoms with Gasteiger partial charge < -0.3 is 21.3 Å². The van der Waals surface area contributed by atoms with Crippen LogP contribution in [0.25, 0.3) is 0 Å². The molecule has 0 spiro atoms. The van der Waals surface area contributed by atoms with Crippen molar-refractivity contribution in [3.8, 4) is 11.6 Å². The number of amides is 1. The second-order valence-electron chi connectivity index (χ2n) is 5.18. The number of phenolic OH excluding ortho intramolecular Hbond substituents is 1. The fourth-order valence-corrected chi connectivity index (χ4v) is 2.97. The van der Waals surface area contributed by atoms with Gasteiger partial charge >= 0.3 is 0 Å². The van der Waals surface area contributed by atoms with Gasteiger partial charge in [0.05, 0.1) is 0 Å². The summed E-state index contributed by atoms with van der Waals surface area (Å²) in [6.07, 6.45) is 1.40. The Morgan fingerprint density at radius 2 is 1.84 bits per heavy atom. The van der Waals surface area contributed by atoms with E-state index in [0.29, 0.717) is 11.4 Å². The fraction of sp³-hybridized carbons (Fsp3) is 0. The van der Waals surface area contributed by atoms with Gasteiger partial charge in [-0.15, -0.1) is 0 Å². The number of nitrogens with one attached hydrogen (secondary N) is 1. The number of carbonyl (C=O) groups is 1. The molecule has 3 rings (SSSR count). The molecule has 0 atom stereocenters. The molecule has 0 unspecified atom stereocenters. The van der Waals surface area contributed by atoms with Crippen molar-refractivity contribution in [3.05, 3.63) is 66.4 Å². The highest BCUT2D eigenvalue weighted by molar-refractivity contribution is 7.99. The van der Waals surface area contributed by atoms with Crippen molar-refractivity contribution < 1.29 is 15.0 Å². The van der Waals surface area contributed by atoms with Crippen molar-refractivity contribution in [1.82, 2.24) is 4.98 Å². The summed E-state index contributed by atoms with van der Waals surface area (Å²) in [5.74, 6) is -0.592. The predicted molar refractivity (Wildman–Crippen MR) is 96.9 cm³/mol. The van der Waals surface area contributed by atoms with Crippen molar-refractivity contribution >= 4 is 29.0 Å². The minimum Gasteiger partial charge on any atom is -0.508 e. The van der Waals surface area contributed by atoms with Crippen LogP contribution in [0.15, 0.2) is 70.6 Å². The van der Waals surface area contributed by atoms with Crippen molar-refractivity contribution in [3.63, 3.8) is 0 Å². The number of rotatable bonds is 4. The summed E-state index contributed by atoms with van der Waals surface area (Å²) in [4.78, 5) is 17.6. The van der Waals surface area contributed by atoms with Crippen LogP contribution in [0.3, 0.4) is 0 Å². The van der Waals surface area contributed by atoms with E-state index in [1.165, 1.54) is 24.0 Å². The first-order chi connectivity index (χ1) is 12.0. The molecular weight excluding hydrogens is 338 g/mol. The summed E-state index contributed by atoms with van der Waals surface area (Å²) in [6, 6.07) is 15.0. The number of nitrogens with two attached hydrogens (primary N) is 1. The van der Waals surface area contributed by atoms with Crippen LogP contribution >= 0.6 is 11.8 Å². The van der Waals surface area contributed by atoms with E-state index >= 15 is 0 Å². The van der Waals surface area contributed by atoms with E-state index in [4.69, 9.17) is 5.73 Å². The average molecular weight is 353 g/mol. The maximum Gasteiger partial charge on any atom is 0.261 e. The first-order valence-corrected chi connectivity index (χ1v) is 8.16. The minimum absolute atomic E-state index is 0.0867. The van der Waals surface area contributed by atoms with E-state index in [0.717, 1.165) is 9.79 Å². The molecule has 2 aromatic carbocycles. The first-order valence-electron chi connectivity index (χ1n) is 7.34. The number of pyridine rings is 1. The number of hydrogen-bond acceptors (Lipinski definition) is 6. The lowest BCUT2D eigenvalue weighted by molar-refractivity contribution is 0.102. The van der Waals surface area contributed by atoms with Crippen LogP contribution in [0.2, 0.25) is 0 Å². The van der Waals surface area contributed by atoms with Crippen molar-refractivity contribution in [2.45, 2.75) is 9.79 Å². The lowest BCUT2D eigenvalue weighted by atomic mass is 10.2. The second-order valence-corrected chi connectivity index (χ2v) is 6.29. The SMILES string of the molecule is Nc1cc(NC(=O)c2cccnc2O)ccc1Sc1ccc(O)cc1. The van der Waals surface area contributed by atoms with Crippen LogP contribution in [0.4, 0.5) is 11.4 Å². The minimum atomic E-state index is -0.469. The van der Waals surface area contributed by atoms with Crippen LogP contribution < -0.4 is 11.1 Å². The molecule has 0 bridgehead atoms. The molecule has 1 amide bonds. The molecule has 0 aliphatic carbocycles. The third kappa shape index (κ3) is 4.02. The summed E-state index contributed by atoms with van der Waals surface area (Å²) in [7, 11) is 0. The third-order valence-corrected chi connectivity index (χ3v) is 4.46. The average Bonchev–Trinajstić information content (AvgIpc) is 2.59. The number of nitrogens with zero attached hydrogens (tertiary/aromatic N) is 1. The summed E-state index contributed by atoms with van der Waals surface area (Å²) >= 11 is 1.45. The molecule has 0 aliphatic rings. The zero-order valence-corrected chi connectivity index (χ0v) is 13.8. The fourth-order valence-electron chi connectivity index (χ4n) is 2.13. The maximum atomic E-state index is 12.2. The van der Waals surface area contributed by atoms with Crippen molar-refractivity contribution in [2.24, 2.45) is 0 Å². The lowest BCUT2D eigenvalue weighted by Crippen LogP contribution is -2.12. The normalized spacial score (nSPS) is 10.4. The number of carbonyl (C=O) groups excluding carboxylic acids is 1. The summed E-state index contributed by atoms with van der Waals surface area (Å²) in [5, 5.41) is 21.6. The van der Waals surface area contributed by atoms with Gasteiger partial charge in [0, 0.05) is 27.4 Å². The van der Waals surface area contributed by atoms with Crippen molar-refractivity contribution in [2.75, 3.05) is 11.1 Å². The molecule has 5 N–H and O–H groups in total. The Kier molecular flexibility index (Phi) is 4.76. The van der Waals surface area contributed by atoms with Gasteiger partial charge in [-0.3, -0.25) is 4.79 Å². The largest absolute Gasteiger partial charge is 0.508 e. The molecule has 0 saturated heterocycles. The van der Waals surface area contributed by atoms with E-state index in [1.807, 2.05) is 0 Å². The maximum absolute atomic E-state index is 12.2. The van der Waals surface area contributed by atoms with Gasteiger partial charge in [-0.1, -0.05) is 11.8 Å². The number of aromatic nitrogens is 1. The molecule has 0 aliphatic heterocycles. The highest BCUT2D eigenvalue weighted by atomic mass is 32.2. The number of anilines is 2. The second kappa shape index (κ2) is 7.14. The molecule has 1 heterocycles. The Morgan fingerprint density at radius 1 is 1.08 bits per heavy atom. The lowest BCUT2D eigenvalue weighted by Gasteiger charge is -2.10. The highest BCUT2D eigenvalue weighted by Gasteiger charge is 2.12. The molecule has 1 aromatic heterocycles. The van der Waals surface area contributed by atoms with Crippen LogP contribution in [-0.2, 0) is 0 Å². The zero-order valence-electron chi connectivity index (χ0n) is 13.0. The molecule has 3 aromatic rings. The smallest absolute Gasteiger partial charge is 0.261 e. The number of nitrogen functional groups attached to an aromatic ring is 1. The molecule has 25 heavy (non-hydrogen) atoms. The van der Waals surface area contributed by atoms with E-state index in [1.54, 1.807) is 48.5 Å². The van der Waals surface area contributed by atoms with Gasteiger partial charge in [0.15, 0.2) is 0 Å². The van der Waals surface area contributed by atoms with Gasteiger partial charge in [-0.2, -0.15) is 0 Å². The molecule has 0 saturated carbocycles. The topological polar surface area (TPSA) is 108 Å². The Hall–Kier alpha value is -3.19. The Bertz CT molecular complexity index is 914. The van der Waals surface area contributed by atoms with Gasteiger partial charge in [0.1, 0.15) is 11.3 Å². The van der Waals surface area contributed by atoms with Crippen molar-refractivity contribution in [1.29, 1.82) is 0 Å². The predicted octanol–water partition coefficient (Wildman–Crippen LogP) is 3.48. The molecule has 6 nitrogen and oxygen atoms in total. The van der Waals surface area contributed by atoms with Gasteiger partial charge in [-0.05, 0) is 54.6 Å². The highest BCUT2D eigenvalue weighted by Crippen LogP contribution is 2.34. The monoisotopic (exact) mass is 353 g/mol. The van der Waals surface area contributed by atoms with Gasteiger partial charge in [-0.25, -0.2) is 4.98 Å². The van der Waals surface area contributed by atoms with Gasteiger partial charge in [0.2, 0.25) is 5.88 Å². The van der Waals surface area contributed by atoms with Crippen LogP contribution in [0, 0.1) is 0 Å². The van der Waals surface area contributed by atoms with Gasteiger partial charge in [0.25, 0.3) is 5.91 Å². The summed E-state index contributed by atoms with van der Waals surface area (Å²) in [5.41, 5.74) is 7.17.